The Balaban J connectivity index is 2.05. The Hall–Kier alpha value is -3.14. The van der Waals surface area contributed by atoms with Crippen molar-refractivity contribution < 1.29 is 9.59 Å². The molecular formula is C27H34N2O2. The predicted molar refractivity (Wildman–Crippen MR) is 129 cm³/mol. The quantitative estimate of drug-likeness (QED) is 0.553. The van der Waals surface area contributed by atoms with Crippen LogP contribution >= 0.6 is 0 Å². The molecule has 164 valence electrons. The van der Waals surface area contributed by atoms with Gasteiger partial charge in [-0.1, -0.05) is 60.7 Å². The van der Waals surface area contributed by atoms with Crippen LogP contribution in [0.4, 0.5) is 0 Å². The third-order valence-corrected chi connectivity index (χ3v) is 5.38. The van der Waals surface area contributed by atoms with Gasteiger partial charge in [-0.05, 0) is 75.9 Å². The smallest absolute Gasteiger partial charge is 0.230 e. The fourth-order valence-corrected chi connectivity index (χ4v) is 3.42. The molecular weight excluding hydrogens is 384 g/mol. The number of nitrogens with one attached hydrogen (secondary N) is 2. The van der Waals surface area contributed by atoms with E-state index >= 15 is 0 Å². The topological polar surface area (TPSA) is 58.2 Å². The summed E-state index contributed by atoms with van der Waals surface area (Å²) in [4.78, 5) is 25.3. The second-order valence-electron chi connectivity index (χ2n) is 9.25. The van der Waals surface area contributed by atoms with Gasteiger partial charge in [-0.15, -0.1) is 0 Å². The molecule has 2 N–H and O–H groups in total. The van der Waals surface area contributed by atoms with Gasteiger partial charge in [-0.2, -0.15) is 0 Å². The van der Waals surface area contributed by atoms with Crippen molar-refractivity contribution in [1.82, 2.24) is 10.6 Å². The summed E-state index contributed by atoms with van der Waals surface area (Å²) in [5.74, 6) is -0.649. The summed E-state index contributed by atoms with van der Waals surface area (Å²) in [5, 5.41) is 5.96. The molecule has 4 heteroatoms. The first kappa shape index (κ1) is 24.1. The molecule has 0 spiro atoms. The number of amides is 2. The Morgan fingerprint density at radius 1 is 0.742 bits per heavy atom. The highest BCUT2D eigenvalue weighted by Gasteiger charge is 2.27. The number of rotatable bonds is 8. The van der Waals surface area contributed by atoms with Crippen molar-refractivity contribution in [3.05, 3.63) is 83.9 Å². The minimum absolute atomic E-state index is 0.243. The van der Waals surface area contributed by atoms with E-state index in [1.54, 1.807) is 0 Å². The maximum absolute atomic E-state index is 12.6. The first-order valence-corrected chi connectivity index (χ1v) is 10.5. The number of hydrogen-bond acceptors (Lipinski definition) is 2. The van der Waals surface area contributed by atoms with Crippen molar-refractivity contribution in [1.29, 1.82) is 0 Å². The van der Waals surface area contributed by atoms with Crippen LogP contribution in [0.3, 0.4) is 0 Å². The molecule has 0 atom stereocenters. The van der Waals surface area contributed by atoms with E-state index in [-0.39, 0.29) is 18.2 Å². The van der Waals surface area contributed by atoms with Crippen molar-refractivity contribution in [2.75, 3.05) is 0 Å². The van der Waals surface area contributed by atoms with Crippen LogP contribution < -0.4 is 10.6 Å². The van der Waals surface area contributed by atoms with Crippen molar-refractivity contribution in [3.63, 3.8) is 0 Å². The SMILES string of the molecule is C=C(C)c1cccc(C(C)(C)NC(=O)CC(=O)NC(C)(C)c2cccc(C(=C)C)c2)c1. The van der Waals surface area contributed by atoms with Crippen LogP contribution in [0.15, 0.2) is 61.7 Å². The lowest BCUT2D eigenvalue weighted by molar-refractivity contribution is -0.131. The van der Waals surface area contributed by atoms with Gasteiger partial charge in [0.1, 0.15) is 6.42 Å². The van der Waals surface area contributed by atoms with Gasteiger partial charge >= 0.3 is 0 Å². The summed E-state index contributed by atoms with van der Waals surface area (Å²) in [5.41, 5.74) is 4.65. The van der Waals surface area contributed by atoms with Gasteiger partial charge in [0, 0.05) is 0 Å². The highest BCUT2D eigenvalue weighted by molar-refractivity contribution is 5.97. The van der Waals surface area contributed by atoms with Crippen molar-refractivity contribution >= 4 is 23.0 Å². The Bertz CT molecular complexity index is 934. The molecule has 4 nitrogen and oxygen atoms in total. The predicted octanol–water partition coefficient (Wildman–Crippen LogP) is 5.55. The van der Waals surface area contributed by atoms with Crippen LogP contribution in [-0.2, 0) is 20.7 Å². The normalized spacial score (nSPS) is 11.5. The maximum atomic E-state index is 12.6. The molecule has 0 fully saturated rings. The van der Waals surface area contributed by atoms with Crippen LogP contribution in [0.1, 0.15) is 70.2 Å². The monoisotopic (exact) mass is 418 g/mol. The van der Waals surface area contributed by atoms with E-state index < -0.39 is 11.1 Å². The zero-order valence-electron chi connectivity index (χ0n) is 19.6. The lowest BCUT2D eigenvalue weighted by Gasteiger charge is -2.29. The van der Waals surface area contributed by atoms with Crippen LogP contribution in [0.5, 0.6) is 0 Å². The van der Waals surface area contributed by atoms with E-state index in [2.05, 4.69) is 23.8 Å². The zero-order valence-corrected chi connectivity index (χ0v) is 19.6. The molecule has 2 amide bonds. The first-order valence-electron chi connectivity index (χ1n) is 10.5. The number of carbonyl (C=O) groups is 2. The lowest BCUT2D eigenvalue weighted by Crippen LogP contribution is -2.46. The molecule has 31 heavy (non-hydrogen) atoms. The van der Waals surface area contributed by atoms with E-state index in [4.69, 9.17) is 0 Å². The molecule has 2 aromatic carbocycles. The average Bonchev–Trinajstić information content (AvgIpc) is 2.67. The molecule has 0 aliphatic rings. The van der Waals surface area contributed by atoms with Crippen LogP contribution in [0.2, 0.25) is 0 Å². The number of allylic oxidation sites excluding steroid dienone is 2. The molecule has 0 radical (unpaired) electrons. The van der Waals surface area contributed by atoms with E-state index in [0.717, 1.165) is 33.4 Å². The van der Waals surface area contributed by atoms with Crippen molar-refractivity contribution in [2.45, 2.75) is 59.0 Å². The summed E-state index contributed by atoms with van der Waals surface area (Å²) >= 11 is 0. The van der Waals surface area contributed by atoms with E-state index in [1.807, 2.05) is 90.1 Å². The Kier molecular flexibility index (Phi) is 7.27. The van der Waals surface area contributed by atoms with E-state index in [0.29, 0.717) is 0 Å². The van der Waals surface area contributed by atoms with Gasteiger partial charge in [-0.3, -0.25) is 9.59 Å². The van der Waals surface area contributed by atoms with Gasteiger partial charge in [-0.25, -0.2) is 0 Å². The standard InChI is InChI=1S/C27H34N2O2/c1-18(2)20-11-9-13-22(15-20)26(5,6)28-24(30)17-25(31)29-27(7,8)23-14-10-12-21(16-23)19(3)4/h9-16H,1,3,17H2,2,4-8H3,(H,28,30)(H,29,31). The maximum Gasteiger partial charge on any atom is 0.230 e. The van der Waals surface area contributed by atoms with Crippen LogP contribution in [0, 0.1) is 0 Å². The molecule has 0 heterocycles. The van der Waals surface area contributed by atoms with Gasteiger partial charge in [0.05, 0.1) is 11.1 Å². The minimum atomic E-state index is -0.617. The van der Waals surface area contributed by atoms with Gasteiger partial charge < -0.3 is 10.6 Å². The number of hydrogen-bond donors (Lipinski definition) is 2. The van der Waals surface area contributed by atoms with Crippen molar-refractivity contribution in [3.8, 4) is 0 Å². The third kappa shape index (κ3) is 6.42. The third-order valence-electron chi connectivity index (χ3n) is 5.38. The molecule has 2 rings (SSSR count). The molecule has 0 unspecified atom stereocenters. The zero-order chi connectivity index (χ0) is 23.4. The first-order chi connectivity index (χ1) is 14.3. The average molecular weight is 419 g/mol. The molecule has 0 bridgehead atoms. The second kappa shape index (κ2) is 9.34. The summed E-state index contributed by atoms with van der Waals surface area (Å²) in [6, 6.07) is 15.8. The number of carbonyl (C=O) groups excluding carboxylic acids is 2. The highest BCUT2D eigenvalue weighted by atomic mass is 16.2. The Morgan fingerprint density at radius 3 is 1.42 bits per heavy atom. The van der Waals surface area contributed by atoms with Gasteiger partial charge in [0.15, 0.2) is 0 Å². The summed E-state index contributed by atoms with van der Waals surface area (Å²) < 4.78 is 0. The Morgan fingerprint density at radius 2 is 1.10 bits per heavy atom. The van der Waals surface area contributed by atoms with Gasteiger partial charge in [0.2, 0.25) is 11.8 Å². The van der Waals surface area contributed by atoms with Crippen molar-refractivity contribution in [2.24, 2.45) is 0 Å². The largest absolute Gasteiger partial charge is 0.347 e. The summed E-state index contributed by atoms with van der Waals surface area (Å²) in [6.45, 7) is 19.5. The van der Waals surface area contributed by atoms with Crippen LogP contribution in [0.25, 0.3) is 11.1 Å². The molecule has 0 saturated heterocycles. The highest BCUT2D eigenvalue weighted by Crippen LogP contribution is 2.25. The van der Waals surface area contributed by atoms with Gasteiger partial charge in [0.25, 0.3) is 0 Å². The van der Waals surface area contributed by atoms with E-state index in [1.165, 1.54) is 0 Å². The van der Waals surface area contributed by atoms with Crippen LogP contribution in [-0.4, -0.2) is 11.8 Å². The summed E-state index contributed by atoms with van der Waals surface area (Å²) in [7, 11) is 0. The Labute approximate surface area is 186 Å². The lowest BCUT2D eigenvalue weighted by atomic mass is 9.91. The molecule has 2 aromatic rings. The fraction of sp³-hybridized carbons (Fsp3) is 0.333. The van der Waals surface area contributed by atoms with E-state index in [9.17, 15) is 9.59 Å². The molecule has 0 saturated carbocycles. The summed E-state index contributed by atoms with van der Waals surface area (Å²) in [6.07, 6.45) is -0.243. The molecule has 0 aromatic heterocycles. The molecule has 0 aliphatic heterocycles. The minimum Gasteiger partial charge on any atom is -0.347 e. The molecule has 0 aliphatic carbocycles. The number of benzene rings is 2. The second-order valence-corrected chi connectivity index (χ2v) is 9.25. The fourth-order valence-electron chi connectivity index (χ4n) is 3.42.